The molecule has 3 aromatic heterocycles. The molecule has 1 aliphatic carbocycles. The first-order chi connectivity index (χ1) is 16.1. The standard InChI is InChI=1S/C26H26N4O3/c1-17-3-2-4-18(13-17)21-7-8-30(28-21)25-16-23(29-9-11-32-12-10-29)26-22(27-25)15-24(33-26)19-5-6-20(31)14-19/h2-4,7-8,13-16,20,31H,5-6,9-12H2,1H3. The van der Waals surface area contributed by atoms with Crippen LogP contribution in [0, 0.1) is 6.92 Å². The molecule has 0 bridgehead atoms. The average Bonchev–Trinajstić information content (AvgIpc) is 3.58. The van der Waals surface area contributed by atoms with Gasteiger partial charge in [0.15, 0.2) is 11.4 Å². The van der Waals surface area contributed by atoms with Gasteiger partial charge in [0.05, 0.1) is 30.7 Å². The van der Waals surface area contributed by atoms with E-state index in [4.69, 9.17) is 19.2 Å². The minimum Gasteiger partial charge on any atom is -0.453 e. The number of hydrogen-bond acceptors (Lipinski definition) is 6. The predicted octanol–water partition coefficient (Wildman–Crippen LogP) is 4.36. The molecule has 0 amide bonds. The Kier molecular flexibility index (Phi) is 5.00. The van der Waals surface area contributed by atoms with E-state index in [0.717, 1.165) is 71.1 Å². The fraction of sp³-hybridized carbons (Fsp3) is 0.308. The van der Waals surface area contributed by atoms with E-state index in [1.807, 2.05) is 41.2 Å². The Labute approximate surface area is 191 Å². The van der Waals surface area contributed by atoms with Crippen molar-refractivity contribution in [2.24, 2.45) is 0 Å². The number of furan rings is 1. The summed E-state index contributed by atoms with van der Waals surface area (Å²) >= 11 is 0. The number of rotatable bonds is 4. The number of nitrogens with zero attached hydrogens (tertiary/aromatic N) is 4. The van der Waals surface area contributed by atoms with Crippen molar-refractivity contribution in [3.63, 3.8) is 0 Å². The normalized spacial score (nSPS) is 18.8. The number of aryl methyl sites for hydroxylation is 1. The third-order valence-electron chi connectivity index (χ3n) is 6.35. The quantitative estimate of drug-likeness (QED) is 0.506. The number of anilines is 1. The number of ether oxygens (including phenoxy) is 1. The number of morpholine rings is 1. The molecule has 2 aliphatic rings. The lowest BCUT2D eigenvalue weighted by molar-refractivity contribution is 0.122. The second kappa shape index (κ2) is 8.17. The highest BCUT2D eigenvalue weighted by Crippen LogP contribution is 2.36. The third kappa shape index (κ3) is 3.83. The van der Waals surface area contributed by atoms with Crippen LogP contribution < -0.4 is 4.90 Å². The molecule has 4 aromatic rings. The Bertz CT molecular complexity index is 1350. The molecule has 33 heavy (non-hydrogen) atoms. The zero-order chi connectivity index (χ0) is 22.4. The van der Waals surface area contributed by atoms with Gasteiger partial charge < -0.3 is 19.2 Å². The molecule has 1 saturated heterocycles. The summed E-state index contributed by atoms with van der Waals surface area (Å²) in [4.78, 5) is 7.18. The van der Waals surface area contributed by atoms with Crippen molar-refractivity contribution in [1.82, 2.24) is 14.8 Å². The Balaban J connectivity index is 1.45. The average molecular weight is 443 g/mol. The molecule has 1 fully saturated rings. The number of fused-ring (bicyclic) bond motifs is 1. The van der Waals surface area contributed by atoms with Crippen molar-refractivity contribution in [1.29, 1.82) is 0 Å². The van der Waals surface area contributed by atoms with Crippen LogP contribution in [0.5, 0.6) is 0 Å². The van der Waals surface area contributed by atoms with Crippen LogP contribution in [0.25, 0.3) is 33.7 Å². The minimum absolute atomic E-state index is 0.403. The molecule has 168 valence electrons. The summed E-state index contributed by atoms with van der Waals surface area (Å²) < 4.78 is 13.7. The van der Waals surface area contributed by atoms with E-state index in [1.54, 1.807) is 0 Å². The Hall–Kier alpha value is -3.42. The van der Waals surface area contributed by atoms with Crippen molar-refractivity contribution >= 4 is 22.4 Å². The van der Waals surface area contributed by atoms with E-state index in [-0.39, 0.29) is 0 Å². The summed E-state index contributed by atoms with van der Waals surface area (Å²) in [6.07, 6.45) is 4.97. The van der Waals surface area contributed by atoms with Crippen LogP contribution in [0.1, 0.15) is 24.2 Å². The number of benzene rings is 1. The van der Waals surface area contributed by atoms with Gasteiger partial charge in [-0.15, -0.1) is 0 Å². The lowest BCUT2D eigenvalue weighted by Gasteiger charge is -2.29. The molecule has 0 saturated carbocycles. The second-order valence-electron chi connectivity index (χ2n) is 8.74. The molecule has 4 heterocycles. The topological polar surface area (TPSA) is 76.5 Å². The largest absolute Gasteiger partial charge is 0.453 e. The molecule has 0 radical (unpaired) electrons. The van der Waals surface area contributed by atoms with E-state index in [1.165, 1.54) is 5.56 Å². The molecular weight excluding hydrogens is 416 g/mol. The highest BCUT2D eigenvalue weighted by molar-refractivity contribution is 5.90. The van der Waals surface area contributed by atoms with Gasteiger partial charge in [-0.2, -0.15) is 5.10 Å². The van der Waals surface area contributed by atoms with Crippen LogP contribution in [-0.2, 0) is 4.74 Å². The molecule has 1 aromatic carbocycles. The van der Waals surface area contributed by atoms with E-state index >= 15 is 0 Å². The number of allylic oxidation sites excluding steroid dienone is 1. The van der Waals surface area contributed by atoms with Crippen molar-refractivity contribution in [2.45, 2.75) is 25.9 Å². The molecule has 1 aliphatic heterocycles. The second-order valence-corrected chi connectivity index (χ2v) is 8.74. The lowest BCUT2D eigenvalue weighted by atomic mass is 10.1. The van der Waals surface area contributed by atoms with Gasteiger partial charge in [-0.1, -0.05) is 23.8 Å². The Morgan fingerprint density at radius 2 is 1.97 bits per heavy atom. The van der Waals surface area contributed by atoms with Gasteiger partial charge in [0.25, 0.3) is 0 Å². The summed E-state index contributed by atoms with van der Waals surface area (Å²) in [5.74, 6) is 1.53. The number of aliphatic hydroxyl groups is 1. The van der Waals surface area contributed by atoms with Gasteiger partial charge in [-0.3, -0.25) is 0 Å². The fourth-order valence-electron chi connectivity index (χ4n) is 4.62. The SMILES string of the molecule is Cc1cccc(-c2ccn(-c3cc(N4CCOCC4)c4oc(C5=CC(O)CC5)cc4n3)n2)c1. The van der Waals surface area contributed by atoms with Gasteiger partial charge in [-0.05, 0) is 43.5 Å². The molecule has 7 nitrogen and oxygen atoms in total. The number of pyridine rings is 1. The molecular formula is C26H26N4O3. The van der Waals surface area contributed by atoms with Crippen molar-refractivity contribution in [3.05, 3.63) is 66.1 Å². The number of hydrogen-bond donors (Lipinski definition) is 1. The minimum atomic E-state index is -0.403. The molecule has 7 heteroatoms. The van der Waals surface area contributed by atoms with Gasteiger partial charge >= 0.3 is 0 Å². The third-order valence-corrected chi connectivity index (χ3v) is 6.35. The molecule has 0 spiro atoms. The molecule has 1 atom stereocenters. The number of aliphatic hydroxyl groups excluding tert-OH is 1. The first-order valence-electron chi connectivity index (χ1n) is 11.4. The first-order valence-corrected chi connectivity index (χ1v) is 11.4. The van der Waals surface area contributed by atoms with Crippen molar-refractivity contribution in [2.75, 3.05) is 31.2 Å². The van der Waals surface area contributed by atoms with Crippen molar-refractivity contribution in [3.8, 4) is 17.1 Å². The van der Waals surface area contributed by atoms with Crippen molar-refractivity contribution < 1.29 is 14.3 Å². The maximum atomic E-state index is 9.93. The summed E-state index contributed by atoms with van der Waals surface area (Å²) in [5.41, 5.74) is 6.79. The maximum absolute atomic E-state index is 9.93. The summed E-state index contributed by atoms with van der Waals surface area (Å²) in [6.45, 7) is 5.04. The van der Waals surface area contributed by atoms with Crippen LogP contribution >= 0.6 is 0 Å². The summed E-state index contributed by atoms with van der Waals surface area (Å²) in [5, 5.41) is 14.7. The fourth-order valence-corrected chi connectivity index (χ4v) is 4.62. The van der Waals surface area contributed by atoms with E-state index in [9.17, 15) is 5.11 Å². The molecule has 1 N–H and O–H groups in total. The smallest absolute Gasteiger partial charge is 0.176 e. The monoisotopic (exact) mass is 442 g/mol. The van der Waals surface area contributed by atoms with E-state index in [2.05, 4.69) is 30.0 Å². The zero-order valence-electron chi connectivity index (χ0n) is 18.6. The molecule has 6 rings (SSSR count). The lowest BCUT2D eigenvalue weighted by Crippen LogP contribution is -2.36. The number of aromatic nitrogens is 3. The van der Waals surface area contributed by atoms with Crippen LogP contribution in [0.2, 0.25) is 0 Å². The zero-order valence-corrected chi connectivity index (χ0v) is 18.6. The van der Waals surface area contributed by atoms with Crippen LogP contribution in [-0.4, -0.2) is 52.3 Å². The summed E-state index contributed by atoms with van der Waals surface area (Å²) in [7, 11) is 0. The van der Waals surface area contributed by atoms with E-state index in [0.29, 0.717) is 13.2 Å². The van der Waals surface area contributed by atoms with Crippen LogP contribution in [0.15, 0.2) is 59.2 Å². The van der Waals surface area contributed by atoms with Crippen LogP contribution in [0.4, 0.5) is 5.69 Å². The van der Waals surface area contributed by atoms with Gasteiger partial charge in [0.2, 0.25) is 0 Å². The first kappa shape index (κ1) is 20.2. The molecule has 1 unspecified atom stereocenters. The van der Waals surface area contributed by atoms with Gasteiger partial charge in [0.1, 0.15) is 11.3 Å². The highest BCUT2D eigenvalue weighted by atomic mass is 16.5. The van der Waals surface area contributed by atoms with E-state index < -0.39 is 6.10 Å². The Morgan fingerprint density at radius 3 is 2.76 bits per heavy atom. The maximum Gasteiger partial charge on any atom is 0.176 e. The highest BCUT2D eigenvalue weighted by Gasteiger charge is 2.23. The summed E-state index contributed by atoms with van der Waals surface area (Å²) in [6, 6.07) is 14.4. The van der Waals surface area contributed by atoms with Crippen LogP contribution in [0.3, 0.4) is 0 Å². The predicted molar refractivity (Wildman–Crippen MR) is 128 cm³/mol. The Morgan fingerprint density at radius 1 is 1.09 bits per heavy atom. The van der Waals surface area contributed by atoms with Gasteiger partial charge in [-0.25, -0.2) is 9.67 Å². The van der Waals surface area contributed by atoms with Gasteiger partial charge in [0, 0.05) is 37.0 Å².